The summed E-state index contributed by atoms with van der Waals surface area (Å²) in [5.41, 5.74) is 1.13. The molecular weight excluding hydrogens is 246 g/mol. The topological polar surface area (TPSA) is 68.5 Å². The van der Waals surface area contributed by atoms with E-state index in [1.807, 2.05) is 16.8 Å². The lowest BCUT2D eigenvalue weighted by molar-refractivity contribution is -0.140. The quantitative estimate of drug-likeness (QED) is 0.838. The van der Waals surface area contributed by atoms with Crippen molar-refractivity contribution in [2.75, 3.05) is 7.11 Å². The number of rotatable bonds is 5. The maximum absolute atomic E-state index is 11.0. The second-order valence-corrected chi connectivity index (χ2v) is 4.27. The molecule has 1 heterocycles. The normalized spacial score (nSPS) is 10.6. The van der Waals surface area contributed by atoms with Gasteiger partial charge in [0.25, 0.3) is 0 Å². The number of hydrogen-bond acceptors (Lipinski definition) is 3. The first-order valence-electron chi connectivity index (χ1n) is 6.01. The van der Waals surface area contributed by atoms with Crippen LogP contribution in [-0.2, 0) is 16.1 Å². The molecule has 5 nitrogen and oxygen atoms in total. The van der Waals surface area contributed by atoms with Gasteiger partial charge in [-0.1, -0.05) is 6.07 Å². The van der Waals surface area contributed by atoms with Gasteiger partial charge < -0.3 is 14.4 Å². The first kappa shape index (κ1) is 13.1. The Kier molecular flexibility index (Phi) is 3.85. The third kappa shape index (κ3) is 2.93. The number of carboxylic acids is 1. The average molecular weight is 261 g/mol. The number of carbonyl (C=O) groups is 2. The molecule has 0 unspecified atom stereocenters. The van der Waals surface area contributed by atoms with Crippen LogP contribution in [0.2, 0.25) is 0 Å². The highest BCUT2D eigenvalue weighted by atomic mass is 16.5. The third-order valence-corrected chi connectivity index (χ3v) is 3.03. The lowest BCUT2D eigenvalue weighted by Crippen LogP contribution is -2.04. The van der Waals surface area contributed by atoms with E-state index in [-0.39, 0.29) is 11.5 Å². The molecule has 1 N–H and O–H groups in total. The van der Waals surface area contributed by atoms with Crippen LogP contribution in [0.4, 0.5) is 0 Å². The molecular formula is C14H15NO4. The van der Waals surface area contributed by atoms with Gasteiger partial charge in [-0.2, -0.15) is 0 Å². The highest BCUT2D eigenvalue weighted by molar-refractivity contribution is 5.93. The average Bonchev–Trinajstić information content (AvgIpc) is 2.81. The van der Waals surface area contributed by atoms with Crippen molar-refractivity contribution >= 4 is 22.8 Å². The molecule has 2 aromatic rings. The molecule has 0 spiro atoms. The van der Waals surface area contributed by atoms with Crippen LogP contribution in [0.5, 0.6) is 0 Å². The summed E-state index contributed by atoms with van der Waals surface area (Å²) in [6.07, 6.45) is 2.91. The fourth-order valence-corrected chi connectivity index (χ4v) is 2.01. The summed E-state index contributed by atoms with van der Waals surface area (Å²) in [4.78, 5) is 22.0. The molecule has 0 saturated carbocycles. The smallest absolute Gasteiger partial charge is 0.335 e. The zero-order valence-corrected chi connectivity index (χ0v) is 10.6. The van der Waals surface area contributed by atoms with Gasteiger partial charge in [0.1, 0.15) is 0 Å². The van der Waals surface area contributed by atoms with Gasteiger partial charge in [-0.15, -0.1) is 0 Å². The van der Waals surface area contributed by atoms with Crippen LogP contribution in [0.15, 0.2) is 30.5 Å². The summed E-state index contributed by atoms with van der Waals surface area (Å²) in [5, 5.41) is 9.97. The number of ether oxygens (including phenoxy) is 1. The minimum absolute atomic E-state index is 0.234. The fourth-order valence-electron chi connectivity index (χ4n) is 2.01. The maximum atomic E-state index is 11.0. The summed E-state index contributed by atoms with van der Waals surface area (Å²) in [5.74, 6) is -1.17. The van der Waals surface area contributed by atoms with Crippen LogP contribution in [-0.4, -0.2) is 28.7 Å². The molecule has 0 bridgehead atoms. The van der Waals surface area contributed by atoms with Crippen molar-refractivity contribution in [1.29, 1.82) is 0 Å². The van der Waals surface area contributed by atoms with E-state index in [2.05, 4.69) is 4.74 Å². The number of fused-ring (bicyclic) bond motifs is 1. The number of methoxy groups -OCH3 is 1. The van der Waals surface area contributed by atoms with E-state index < -0.39 is 5.97 Å². The Labute approximate surface area is 110 Å². The predicted molar refractivity (Wildman–Crippen MR) is 70.1 cm³/mol. The Morgan fingerprint density at radius 3 is 2.79 bits per heavy atom. The number of aromatic nitrogens is 1. The van der Waals surface area contributed by atoms with Crippen molar-refractivity contribution in [3.05, 3.63) is 36.0 Å². The van der Waals surface area contributed by atoms with Gasteiger partial charge in [0.2, 0.25) is 0 Å². The van der Waals surface area contributed by atoms with E-state index in [1.165, 1.54) is 7.11 Å². The number of nitrogens with zero attached hydrogens (tertiary/aromatic N) is 1. The van der Waals surface area contributed by atoms with Crippen molar-refractivity contribution in [2.45, 2.75) is 19.4 Å². The van der Waals surface area contributed by atoms with Crippen LogP contribution in [0, 0.1) is 0 Å². The SMILES string of the molecule is COC(=O)CCCn1ccc2ccc(C(=O)O)cc21. The van der Waals surface area contributed by atoms with Gasteiger partial charge in [0.15, 0.2) is 0 Å². The summed E-state index contributed by atoms with van der Waals surface area (Å²) in [6, 6.07) is 6.95. The number of benzene rings is 1. The third-order valence-electron chi connectivity index (χ3n) is 3.03. The van der Waals surface area contributed by atoms with Crippen LogP contribution in [0.25, 0.3) is 10.9 Å². The predicted octanol–water partition coefficient (Wildman–Crippen LogP) is 2.29. The molecule has 19 heavy (non-hydrogen) atoms. The van der Waals surface area contributed by atoms with Crippen LogP contribution < -0.4 is 0 Å². The van der Waals surface area contributed by atoms with Gasteiger partial charge >= 0.3 is 11.9 Å². The maximum Gasteiger partial charge on any atom is 0.335 e. The Balaban J connectivity index is 2.16. The first-order chi connectivity index (χ1) is 9.11. The van der Waals surface area contributed by atoms with E-state index >= 15 is 0 Å². The molecule has 2 rings (SSSR count). The van der Waals surface area contributed by atoms with Gasteiger partial charge in [-0.25, -0.2) is 4.79 Å². The van der Waals surface area contributed by atoms with Crippen molar-refractivity contribution in [3.8, 4) is 0 Å². The van der Waals surface area contributed by atoms with Gasteiger partial charge in [0.05, 0.1) is 12.7 Å². The molecule has 0 aliphatic heterocycles. The molecule has 0 aliphatic rings. The molecule has 0 saturated heterocycles. The lowest BCUT2D eigenvalue weighted by Gasteiger charge is -2.05. The second kappa shape index (κ2) is 5.56. The van der Waals surface area contributed by atoms with E-state index in [0.717, 1.165) is 10.9 Å². The van der Waals surface area contributed by atoms with Crippen molar-refractivity contribution < 1.29 is 19.4 Å². The minimum Gasteiger partial charge on any atom is -0.478 e. The molecule has 100 valence electrons. The Morgan fingerprint density at radius 2 is 2.11 bits per heavy atom. The highest BCUT2D eigenvalue weighted by Gasteiger charge is 2.07. The van der Waals surface area contributed by atoms with Gasteiger partial charge in [-0.3, -0.25) is 4.79 Å². The van der Waals surface area contributed by atoms with E-state index in [1.54, 1.807) is 18.2 Å². The number of carbonyl (C=O) groups excluding carboxylic acids is 1. The lowest BCUT2D eigenvalue weighted by atomic mass is 10.1. The number of aromatic carboxylic acids is 1. The minimum atomic E-state index is -0.941. The first-order valence-corrected chi connectivity index (χ1v) is 6.01. The Bertz CT molecular complexity index is 615. The molecule has 0 atom stereocenters. The Hall–Kier alpha value is -2.30. The van der Waals surface area contributed by atoms with Crippen molar-refractivity contribution in [3.63, 3.8) is 0 Å². The van der Waals surface area contributed by atoms with Gasteiger partial charge in [-0.05, 0) is 30.0 Å². The second-order valence-electron chi connectivity index (χ2n) is 4.27. The summed E-state index contributed by atoms with van der Waals surface area (Å²) in [7, 11) is 1.37. The molecule has 0 fully saturated rings. The Morgan fingerprint density at radius 1 is 1.32 bits per heavy atom. The fraction of sp³-hybridized carbons (Fsp3) is 0.286. The summed E-state index contributed by atoms with van der Waals surface area (Å²) < 4.78 is 6.53. The summed E-state index contributed by atoms with van der Waals surface area (Å²) >= 11 is 0. The number of hydrogen-bond donors (Lipinski definition) is 1. The van der Waals surface area contributed by atoms with Crippen LogP contribution in [0.3, 0.4) is 0 Å². The number of aryl methyl sites for hydroxylation is 1. The molecule has 1 aromatic carbocycles. The van der Waals surface area contributed by atoms with Crippen LogP contribution in [0.1, 0.15) is 23.2 Å². The monoisotopic (exact) mass is 261 g/mol. The van der Waals surface area contributed by atoms with Gasteiger partial charge in [0, 0.05) is 24.7 Å². The number of esters is 1. The zero-order valence-electron chi connectivity index (χ0n) is 10.6. The highest BCUT2D eigenvalue weighted by Crippen LogP contribution is 2.18. The number of carboxylic acid groups (broad SMARTS) is 1. The molecule has 0 aliphatic carbocycles. The standard InChI is InChI=1S/C14H15NO4/c1-19-13(16)3-2-7-15-8-6-10-4-5-11(14(17)18)9-12(10)15/h4-6,8-9H,2-3,7H2,1H3,(H,17,18). The van der Waals surface area contributed by atoms with E-state index in [0.29, 0.717) is 19.4 Å². The van der Waals surface area contributed by atoms with E-state index in [9.17, 15) is 9.59 Å². The van der Waals surface area contributed by atoms with E-state index in [4.69, 9.17) is 5.11 Å². The molecule has 5 heteroatoms. The molecule has 0 amide bonds. The molecule has 1 aromatic heterocycles. The van der Waals surface area contributed by atoms with Crippen LogP contribution >= 0.6 is 0 Å². The van der Waals surface area contributed by atoms with Crippen molar-refractivity contribution in [2.24, 2.45) is 0 Å². The van der Waals surface area contributed by atoms with Crippen molar-refractivity contribution in [1.82, 2.24) is 4.57 Å². The zero-order chi connectivity index (χ0) is 13.8. The largest absolute Gasteiger partial charge is 0.478 e. The molecule has 0 radical (unpaired) electrons. The summed E-state index contributed by atoms with van der Waals surface area (Å²) in [6.45, 7) is 0.654.